The first-order chi connectivity index (χ1) is 19.5. The van der Waals surface area contributed by atoms with Gasteiger partial charge >= 0.3 is 0 Å². The van der Waals surface area contributed by atoms with Crippen LogP contribution >= 0.6 is 0 Å². The SMILES string of the molecule is CNC(C)n1cc(-c2cccc(N(CC3CCC(c4ccc(OC)c(C)c4)CC3)C(=O)C3CCCCC3)c2)cn1. The zero-order valence-corrected chi connectivity index (χ0v) is 24.7. The van der Waals surface area contributed by atoms with Crippen LogP contribution in [0.5, 0.6) is 5.75 Å². The molecule has 0 saturated heterocycles. The van der Waals surface area contributed by atoms with Crippen LogP contribution in [-0.2, 0) is 4.79 Å². The number of rotatable bonds is 9. The number of amides is 1. The second-order valence-electron chi connectivity index (χ2n) is 12.0. The molecule has 2 aliphatic carbocycles. The lowest BCUT2D eigenvalue weighted by molar-refractivity contribution is -0.123. The summed E-state index contributed by atoms with van der Waals surface area (Å²) in [5, 5.41) is 7.79. The summed E-state index contributed by atoms with van der Waals surface area (Å²) in [5.74, 6) is 2.54. The molecule has 0 bridgehead atoms. The van der Waals surface area contributed by atoms with E-state index in [-0.39, 0.29) is 12.1 Å². The third-order valence-corrected chi connectivity index (χ3v) is 9.31. The van der Waals surface area contributed by atoms with Crippen molar-refractivity contribution in [2.75, 3.05) is 25.6 Å². The van der Waals surface area contributed by atoms with E-state index in [1.54, 1.807) is 7.11 Å². The van der Waals surface area contributed by atoms with Crippen molar-refractivity contribution in [1.82, 2.24) is 15.1 Å². The topological polar surface area (TPSA) is 59.4 Å². The van der Waals surface area contributed by atoms with E-state index in [2.05, 4.69) is 77.8 Å². The molecule has 1 atom stereocenters. The van der Waals surface area contributed by atoms with Crippen molar-refractivity contribution in [3.05, 3.63) is 66.0 Å². The minimum Gasteiger partial charge on any atom is -0.496 e. The van der Waals surface area contributed by atoms with Crippen molar-refractivity contribution in [2.24, 2.45) is 11.8 Å². The number of aromatic nitrogens is 2. The number of methoxy groups -OCH3 is 1. The van der Waals surface area contributed by atoms with Crippen molar-refractivity contribution < 1.29 is 9.53 Å². The van der Waals surface area contributed by atoms with E-state index in [0.717, 1.165) is 54.8 Å². The Morgan fingerprint density at radius 1 is 1.05 bits per heavy atom. The molecule has 1 aromatic heterocycles. The highest BCUT2D eigenvalue weighted by molar-refractivity contribution is 5.95. The van der Waals surface area contributed by atoms with E-state index >= 15 is 0 Å². The number of nitrogens with one attached hydrogen (secondary N) is 1. The van der Waals surface area contributed by atoms with E-state index in [4.69, 9.17) is 4.74 Å². The predicted octanol–water partition coefficient (Wildman–Crippen LogP) is 7.49. The smallest absolute Gasteiger partial charge is 0.230 e. The molecule has 0 radical (unpaired) electrons. The lowest BCUT2D eigenvalue weighted by atomic mass is 9.78. The fraction of sp³-hybridized carbons (Fsp3) is 0.529. The normalized spacial score (nSPS) is 20.7. The average Bonchev–Trinajstić information content (AvgIpc) is 3.50. The molecule has 6 heteroatoms. The molecular weight excluding hydrogens is 496 g/mol. The van der Waals surface area contributed by atoms with Gasteiger partial charge in [-0.1, -0.05) is 43.5 Å². The lowest BCUT2D eigenvalue weighted by Crippen LogP contribution is -2.41. The number of anilines is 1. The van der Waals surface area contributed by atoms with Crippen LogP contribution in [0.15, 0.2) is 54.9 Å². The maximum atomic E-state index is 14.0. The van der Waals surface area contributed by atoms with Gasteiger partial charge in [0.1, 0.15) is 5.75 Å². The van der Waals surface area contributed by atoms with Crippen LogP contribution in [0.4, 0.5) is 5.69 Å². The number of benzene rings is 2. The van der Waals surface area contributed by atoms with Crippen LogP contribution in [0, 0.1) is 18.8 Å². The van der Waals surface area contributed by atoms with Gasteiger partial charge in [-0.25, -0.2) is 0 Å². The molecule has 2 fully saturated rings. The van der Waals surface area contributed by atoms with Crippen molar-refractivity contribution in [2.45, 2.75) is 83.7 Å². The van der Waals surface area contributed by atoms with Crippen molar-refractivity contribution >= 4 is 11.6 Å². The van der Waals surface area contributed by atoms with Gasteiger partial charge in [0.15, 0.2) is 0 Å². The number of aryl methyl sites for hydroxylation is 1. The molecular formula is C34H46N4O2. The fourth-order valence-corrected chi connectivity index (χ4v) is 6.67. The highest BCUT2D eigenvalue weighted by Crippen LogP contribution is 2.39. The van der Waals surface area contributed by atoms with Gasteiger partial charge in [0.2, 0.25) is 5.91 Å². The summed E-state index contributed by atoms with van der Waals surface area (Å²) in [6, 6.07) is 15.2. The minimum atomic E-state index is 0.123. The summed E-state index contributed by atoms with van der Waals surface area (Å²) in [7, 11) is 3.67. The van der Waals surface area contributed by atoms with Gasteiger partial charge in [-0.3, -0.25) is 14.8 Å². The van der Waals surface area contributed by atoms with E-state index in [9.17, 15) is 4.79 Å². The van der Waals surface area contributed by atoms with Gasteiger partial charge in [0.05, 0.1) is 19.5 Å². The molecule has 2 saturated carbocycles. The van der Waals surface area contributed by atoms with Crippen molar-refractivity contribution in [1.29, 1.82) is 0 Å². The Kier molecular flexibility index (Phi) is 9.25. The number of carbonyl (C=O) groups excluding carboxylic acids is 1. The monoisotopic (exact) mass is 542 g/mol. The molecule has 1 unspecified atom stereocenters. The van der Waals surface area contributed by atoms with Crippen LogP contribution in [0.2, 0.25) is 0 Å². The first-order valence-corrected chi connectivity index (χ1v) is 15.2. The number of carbonyl (C=O) groups is 1. The van der Waals surface area contributed by atoms with E-state index in [0.29, 0.717) is 17.7 Å². The Balaban J connectivity index is 1.33. The minimum absolute atomic E-state index is 0.123. The van der Waals surface area contributed by atoms with E-state index in [1.165, 1.54) is 43.2 Å². The molecule has 214 valence electrons. The van der Waals surface area contributed by atoms with Gasteiger partial charge in [0.25, 0.3) is 0 Å². The number of hydrogen-bond donors (Lipinski definition) is 1. The first kappa shape index (κ1) is 28.4. The van der Waals surface area contributed by atoms with Crippen LogP contribution in [0.3, 0.4) is 0 Å². The van der Waals surface area contributed by atoms with Crippen molar-refractivity contribution in [3.63, 3.8) is 0 Å². The maximum Gasteiger partial charge on any atom is 0.230 e. The summed E-state index contributed by atoms with van der Waals surface area (Å²) in [6.45, 7) is 5.02. The van der Waals surface area contributed by atoms with Crippen molar-refractivity contribution in [3.8, 4) is 16.9 Å². The molecule has 2 aliphatic rings. The third-order valence-electron chi connectivity index (χ3n) is 9.31. The Labute approximate surface area is 240 Å². The van der Waals surface area contributed by atoms with Crippen LogP contribution < -0.4 is 15.0 Å². The summed E-state index contributed by atoms with van der Waals surface area (Å²) in [4.78, 5) is 16.2. The summed E-state index contributed by atoms with van der Waals surface area (Å²) < 4.78 is 7.41. The largest absolute Gasteiger partial charge is 0.496 e. The Morgan fingerprint density at radius 2 is 1.82 bits per heavy atom. The molecule has 0 aliphatic heterocycles. The second-order valence-corrected chi connectivity index (χ2v) is 12.0. The van der Waals surface area contributed by atoms with Crippen LogP contribution in [-0.4, -0.2) is 36.4 Å². The molecule has 1 N–H and O–H groups in total. The molecule has 40 heavy (non-hydrogen) atoms. The number of hydrogen-bond acceptors (Lipinski definition) is 4. The number of nitrogens with zero attached hydrogens (tertiary/aromatic N) is 3. The standard InChI is InChI=1S/C34H46N4O2/c1-24-19-30(17-18-33(24)40-4)27-15-13-26(14-16-27)22-37(34(39)28-9-6-5-7-10-28)32-12-8-11-29(20-32)31-21-36-38(23-31)25(2)35-3/h8,11-12,17-21,23,25-28,35H,5-7,9-10,13-16,22H2,1-4H3. The third kappa shape index (κ3) is 6.43. The maximum absolute atomic E-state index is 14.0. The van der Waals surface area contributed by atoms with Gasteiger partial charge in [-0.2, -0.15) is 5.10 Å². The van der Waals surface area contributed by atoms with Gasteiger partial charge in [-0.15, -0.1) is 0 Å². The average molecular weight is 543 g/mol. The zero-order valence-electron chi connectivity index (χ0n) is 24.7. The van der Waals surface area contributed by atoms with E-state index in [1.807, 2.05) is 17.9 Å². The van der Waals surface area contributed by atoms with Gasteiger partial charge < -0.3 is 9.64 Å². The molecule has 1 heterocycles. The molecule has 6 nitrogen and oxygen atoms in total. The molecule has 2 aromatic carbocycles. The Bertz CT molecular complexity index is 1270. The van der Waals surface area contributed by atoms with Crippen LogP contribution in [0.1, 0.15) is 87.9 Å². The zero-order chi connectivity index (χ0) is 28.1. The quantitative estimate of drug-likeness (QED) is 0.304. The molecule has 1 amide bonds. The van der Waals surface area contributed by atoms with Crippen LogP contribution in [0.25, 0.3) is 11.1 Å². The Morgan fingerprint density at radius 3 is 2.52 bits per heavy atom. The Hall–Kier alpha value is -3.12. The first-order valence-electron chi connectivity index (χ1n) is 15.2. The number of ether oxygens (including phenoxy) is 1. The lowest BCUT2D eigenvalue weighted by Gasteiger charge is -2.35. The highest BCUT2D eigenvalue weighted by Gasteiger charge is 2.31. The fourth-order valence-electron chi connectivity index (χ4n) is 6.67. The summed E-state index contributed by atoms with van der Waals surface area (Å²) in [6.07, 6.45) is 14.4. The second kappa shape index (κ2) is 13.0. The summed E-state index contributed by atoms with van der Waals surface area (Å²) in [5.41, 5.74) is 5.83. The molecule has 3 aromatic rings. The van der Waals surface area contributed by atoms with Gasteiger partial charge in [-0.05, 0) is 106 Å². The predicted molar refractivity (Wildman–Crippen MR) is 163 cm³/mol. The molecule has 0 spiro atoms. The molecule has 5 rings (SSSR count). The van der Waals surface area contributed by atoms with Gasteiger partial charge in [0, 0.05) is 29.9 Å². The van der Waals surface area contributed by atoms with E-state index < -0.39 is 0 Å². The highest BCUT2D eigenvalue weighted by atomic mass is 16.5. The summed E-state index contributed by atoms with van der Waals surface area (Å²) >= 11 is 0.